The van der Waals surface area contributed by atoms with Crippen LogP contribution in [0.4, 0.5) is 0 Å². The van der Waals surface area contributed by atoms with Crippen molar-refractivity contribution < 1.29 is 4.79 Å². The van der Waals surface area contributed by atoms with Gasteiger partial charge in [-0.05, 0) is 51.0 Å². The molecule has 0 aliphatic carbocycles. The quantitative estimate of drug-likeness (QED) is 0.920. The third kappa shape index (κ3) is 3.51. The second-order valence-corrected chi connectivity index (χ2v) is 8.21. The summed E-state index contributed by atoms with van der Waals surface area (Å²) in [6.07, 6.45) is 4.07. The summed E-state index contributed by atoms with van der Waals surface area (Å²) in [5.74, 6) is 0.830. The van der Waals surface area contributed by atoms with E-state index in [1.54, 1.807) is 0 Å². The van der Waals surface area contributed by atoms with Gasteiger partial charge in [-0.15, -0.1) is 0 Å². The number of likely N-dealkylation sites (tertiary alicyclic amines) is 1. The highest BCUT2D eigenvalue weighted by atomic mass is 16.2. The first-order valence-electron chi connectivity index (χ1n) is 9.42. The number of hydrogen-bond donors (Lipinski definition) is 1. The molecule has 0 bridgehead atoms. The summed E-state index contributed by atoms with van der Waals surface area (Å²) in [4.78, 5) is 14.9. The van der Waals surface area contributed by atoms with E-state index < -0.39 is 0 Å². The highest BCUT2D eigenvalue weighted by molar-refractivity contribution is 5.79. The van der Waals surface area contributed by atoms with Crippen LogP contribution in [-0.4, -0.2) is 46.8 Å². The van der Waals surface area contributed by atoms with E-state index in [0.717, 1.165) is 62.5 Å². The number of amides is 1. The Hall–Kier alpha value is -1.36. The van der Waals surface area contributed by atoms with E-state index >= 15 is 0 Å². The van der Waals surface area contributed by atoms with Gasteiger partial charge in [-0.3, -0.25) is 9.48 Å². The third-order valence-electron chi connectivity index (χ3n) is 5.91. The van der Waals surface area contributed by atoms with Gasteiger partial charge < -0.3 is 10.2 Å². The van der Waals surface area contributed by atoms with Gasteiger partial charge in [0.05, 0.1) is 12.1 Å². The monoisotopic (exact) mass is 332 g/mol. The largest absolute Gasteiger partial charge is 0.342 e. The molecule has 1 spiro atoms. The van der Waals surface area contributed by atoms with Crippen molar-refractivity contribution in [3.63, 3.8) is 0 Å². The minimum atomic E-state index is 0.270. The molecule has 3 rings (SSSR count). The number of piperidine rings is 1. The van der Waals surface area contributed by atoms with Crippen LogP contribution >= 0.6 is 0 Å². The lowest BCUT2D eigenvalue weighted by atomic mass is 9.78. The zero-order valence-corrected chi connectivity index (χ0v) is 15.7. The number of carbonyl (C=O) groups excluding carboxylic acids is 1. The van der Waals surface area contributed by atoms with Crippen LogP contribution < -0.4 is 5.32 Å². The van der Waals surface area contributed by atoms with E-state index in [1.165, 1.54) is 6.42 Å². The van der Waals surface area contributed by atoms with Crippen molar-refractivity contribution >= 4 is 5.91 Å². The van der Waals surface area contributed by atoms with E-state index in [-0.39, 0.29) is 5.91 Å². The van der Waals surface area contributed by atoms with Crippen molar-refractivity contribution in [2.45, 2.75) is 59.9 Å². The summed E-state index contributed by atoms with van der Waals surface area (Å²) in [5, 5.41) is 8.13. The van der Waals surface area contributed by atoms with Crippen molar-refractivity contribution in [1.82, 2.24) is 20.0 Å². The van der Waals surface area contributed by atoms with Gasteiger partial charge in [0.15, 0.2) is 0 Å². The first kappa shape index (κ1) is 17.5. The van der Waals surface area contributed by atoms with Crippen LogP contribution in [0.15, 0.2) is 0 Å². The molecule has 0 saturated carbocycles. The van der Waals surface area contributed by atoms with Crippen LogP contribution in [0.5, 0.6) is 0 Å². The third-order valence-corrected chi connectivity index (χ3v) is 5.91. The SMILES string of the molecule is Cc1nn(CC(C)C)c(C)c1CC(=O)N1CCC2(CCNC2)CC1. The minimum Gasteiger partial charge on any atom is -0.342 e. The lowest BCUT2D eigenvalue weighted by Gasteiger charge is -2.39. The van der Waals surface area contributed by atoms with Crippen molar-refractivity contribution in [2.75, 3.05) is 26.2 Å². The number of aryl methyl sites for hydroxylation is 1. The maximum atomic E-state index is 12.8. The van der Waals surface area contributed by atoms with Crippen molar-refractivity contribution in [2.24, 2.45) is 11.3 Å². The number of rotatable bonds is 4. The fourth-order valence-corrected chi connectivity index (χ4v) is 4.23. The smallest absolute Gasteiger partial charge is 0.227 e. The summed E-state index contributed by atoms with van der Waals surface area (Å²) in [6.45, 7) is 13.5. The standard InChI is InChI=1S/C19H32N4O/c1-14(2)12-23-16(4)17(15(3)21-23)11-18(24)22-9-6-19(7-10-22)5-8-20-13-19/h14,20H,5-13H2,1-4H3. The molecular weight excluding hydrogens is 300 g/mol. The molecule has 134 valence electrons. The summed E-state index contributed by atoms with van der Waals surface area (Å²) in [6, 6.07) is 0. The zero-order valence-electron chi connectivity index (χ0n) is 15.7. The number of nitrogens with zero attached hydrogens (tertiary/aromatic N) is 3. The van der Waals surface area contributed by atoms with Crippen LogP contribution in [0, 0.1) is 25.2 Å². The minimum absolute atomic E-state index is 0.270. The Morgan fingerprint density at radius 3 is 2.54 bits per heavy atom. The van der Waals surface area contributed by atoms with Crippen LogP contribution in [0.1, 0.15) is 50.1 Å². The zero-order chi connectivity index (χ0) is 17.3. The lowest BCUT2D eigenvalue weighted by Crippen LogP contribution is -2.44. The first-order chi connectivity index (χ1) is 11.4. The summed E-state index contributed by atoms with van der Waals surface area (Å²) in [7, 11) is 0. The average molecular weight is 332 g/mol. The van der Waals surface area contributed by atoms with E-state index in [1.807, 2.05) is 6.92 Å². The topological polar surface area (TPSA) is 50.2 Å². The maximum Gasteiger partial charge on any atom is 0.227 e. The fourth-order valence-electron chi connectivity index (χ4n) is 4.23. The lowest BCUT2D eigenvalue weighted by molar-refractivity contribution is -0.132. The maximum absolute atomic E-state index is 12.8. The highest BCUT2D eigenvalue weighted by Crippen LogP contribution is 2.37. The molecule has 2 aliphatic rings. The number of hydrogen-bond acceptors (Lipinski definition) is 3. The molecule has 0 aromatic carbocycles. The Kier molecular flexibility index (Phi) is 5.00. The summed E-state index contributed by atoms with van der Waals surface area (Å²) >= 11 is 0. The molecule has 1 aromatic heterocycles. The Morgan fingerprint density at radius 2 is 1.96 bits per heavy atom. The summed E-state index contributed by atoms with van der Waals surface area (Å²) in [5.41, 5.74) is 3.76. The van der Waals surface area contributed by atoms with Gasteiger partial charge in [0.1, 0.15) is 0 Å². The van der Waals surface area contributed by atoms with Gasteiger partial charge in [-0.2, -0.15) is 5.10 Å². The molecule has 0 atom stereocenters. The second kappa shape index (κ2) is 6.87. The summed E-state index contributed by atoms with van der Waals surface area (Å²) < 4.78 is 2.07. The molecule has 5 nitrogen and oxygen atoms in total. The van der Waals surface area contributed by atoms with E-state index in [2.05, 4.69) is 40.8 Å². The molecule has 5 heteroatoms. The Morgan fingerprint density at radius 1 is 1.25 bits per heavy atom. The fraction of sp³-hybridized carbons (Fsp3) is 0.789. The van der Waals surface area contributed by atoms with Crippen molar-refractivity contribution in [3.05, 3.63) is 17.0 Å². The number of nitrogens with one attached hydrogen (secondary N) is 1. The number of carbonyl (C=O) groups is 1. The normalized spacial score (nSPS) is 20.3. The molecule has 3 heterocycles. The molecule has 2 fully saturated rings. The Labute approximate surface area is 145 Å². The molecule has 1 amide bonds. The van der Waals surface area contributed by atoms with E-state index in [9.17, 15) is 4.79 Å². The Bertz CT molecular complexity index is 589. The Balaban J connectivity index is 1.62. The van der Waals surface area contributed by atoms with Gasteiger partial charge in [-0.25, -0.2) is 0 Å². The van der Waals surface area contributed by atoms with Gasteiger partial charge in [0, 0.05) is 37.4 Å². The predicted octanol–water partition coefficient (Wildman–Crippen LogP) is 2.30. The molecule has 0 unspecified atom stereocenters. The van der Waals surface area contributed by atoms with Crippen molar-refractivity contribution in [1.29, 1.82) is 0 Å². The predicted molar refractivity (Wildman–Crippen MR) is 96.0 cm³/mol. The van der Waals surface area contributed by atoms with Gasteiger partial charge >= 0.3 is 0 Å². The molecular formula is C19H32N4O. The van der Waals surface area contributed by atoms with Crippen LogP contribution in [-0.2, 0) is 17.8 Å². The molecule has 1 N–H and O–H groups in total. The molecule has 2 aliphatic heterocycles. The average Bonchev–Trinajstić information content (AvgIpc) is 3.08. The number of aromatic nitrogens is 2. The molecule has 1 aromatic rings. The van der Waals surface area contributed by atoms with E-state index in [4.69, 9.17) is 0 Å². The van der Waals surface area contributed by atoms with Gasteiger partial charge in [0.2, 0.25) is 5.91 Å². The molecule has 24 heavy (non-hydrogen) atoms. The van der Waals surface area contributed by atoms with E-state index in [0.29, 0.717) is 17.8 Å². The van der Waals surface area contributed by atoms with Crippen molar-refractivity contribution in [3.8, 4) is 0 Å². The van der Waals surface area contributed by atoms with Gasteiger partial charge in [0.25, 0.3) is 0 Å². The molecule has 2 saturated heterocycles. The van der Waals surface area contributed by atoms with Crippen LogP contribution in [0.3, 0.4) is 0 Å². The van der Waals surface area contributed by atoms with Crippen LogP contribution in [0.25, 0.3) is 0 Å². The second-order valence-electron chi connectivity index (χ2n) is 8.21. The molecule has 0 radical (unpaired) electrons. The van der Waals surface area contributed by atoms with Gasteiger partial charge in [-0.1, -0.05) is 13.8 Å². The van der Waals surface area contributed by atoms with Crippen LogP contribution in [0.2, 0.25) is 0 Å². The highest BCUT2D eigenvalue weighted by Gasteiger charge is 2.38. The first-order valence-corrected chi connectivity index (χ1v) is 9.42.